The fourth-order valence-electron chi connectivity index (χ4n) is 3.24. The van der Waals surface area contributed by atoms with Gasteiger partial charge < -0.3 is 15.1 Å². The smallest absolute Gasteiger partial charge is 0.317 e. The van der Waals surface area contributed by atoms with E-state index in [0.29, 0.717) is 12.0 Å². The minimum Gasteiger partial charge on any atom is -0.335 e. The van der Waals surface area contributed by atoms with Gasteiger partial charge in [0.05, 0.1) is 0 Å². The van der Waals surface area contributed by atoms with Crippen molar-refractivity contribution in [3.8, 4) is 0 Å². The molecule has 1 N–H and O–H groups in total. The van der Waals surface area contributed by atoms with E-state index >= 15 is 0 Å². The number of hydrogen-bond acceptors (Lipinski definition) is 2. The molecule has 3 atom stereocenters. The number of likely N-dealkylation sites (tertiary alicyclic amines) is 1. The monoisotopic (exact) mass is 305 g/mol. The normalized spacial score (nSPS) is 27.8. The first-order valence-corrected chi connectivity index (χ1v) is 8.02. The summed E-state index contributed by atoms with van der Waals surface area (Å²) < 4.78 is 12.9. The molecule has 4 nitrogen and oxygen atoms in total. The lowest BCUT2D eigenvalue weighted by Crippen LogP contribution is -2.51. The quantitative estimate of drug-likeness (QED) is 0.931. The van der Waals surface area contributed by atoms with Crippen molar-refractivity contribution in [2.75, 3.05) is 27.2 Å². The van der Waals surface area contributed by atoms with Gasteiger partial charge in [0, 0.05) is 31.1 Å². The first-order valence-electron chi connectivity index (χ1n) is 8.02. The number of nitrogens with zero attached hydrogens (tertiary/aromatic N) is 2. The molecule has 1 aliphatic carbocycles. The molecule has 5 heteroatoms. The van der Waals surface area contributed by atoms with Crippen LogP contribution in [-0.4, -0.2) is 55.1 Å². The number of halogens is 1. The predicted molar refractivity (Wildman–Crippen MR) is 84.4 cm³/mol. The average molecular weight is 305 g/mol. The van der Waals surface area contributed by atoms with E-state index in [2.05, 4.69) is 24.3 Å². The van der Waals surface area contributed by atoms with E-state index in [4.69, 9.17) is 0 Å². The van der Waals surface area contributed by atoms with Crippen LogP contribution in [0.3, 0.4) is 0 Å². The molecule has 3 rings (SSSR count). The molecular formula is C17H24FN3O. The number of nitrogens with one attached hydrogen (secondary N) is 1. The molecule has 1 saturated heterocycles. The van der Waals surface area contributed by atoms with Crippen LogP contribution in [0, 0.1) is 5.82 Å². The van der Waals surface area contributed by atoms with Crippen LogP contribution in [0.25, 0.3) is 0 Å². The Hall–Kier alpha value is -1.62. The van der Waals surface area contributed by atoms with Gasteiger partial charge in [-0.1, -0.05) is 12.1 Å². The average Bonchev–Trinajstić information content (AvgIpc) is 3.27. The van der Waals surface area contributed by atoms with Gasteiger partial charge in [-0.25, -0.2) is 9.18 Å². The Balaban J connectivity index is 1.52. The van der Waals surface area contributed by atoms with Crippen molar-refractivity contribution in [3.05, 3.63) is 35.6 Å². The Labute approximate surface area is 131 Å². The topological polar surface area (TPSA) is 35.6 Å². The van der Waals surface area contributed by atoms with E-state index in [1.54, 1.807) is 0 Å². The van der Waals surface area contributed by atoms with Crippen molar-refractivity contribution < 1.29 is 9.18 Å². The number of benzene rings is 1. The lowest BCUT2D eigenvalue weighted by Gasteiger charge is -2.36. The molecule has 0 radical (unpaired) electrons. The lowest BCUT2D eigenvalue weighted by molar-refractivity contribution is 0.139. The van der Waals surface area contributed by atoms with Crippen molar-refractivity contribution in [3.63, 3.8) is 0 Å². The number of hydrogen-bond donors (Lipinski definition) is 1. The van der Waals surface area contributed by atoms with E-state index in [1.807, 2.05) is 17.0 Å². The third kappa shape index (κ3) is 3.40. The highest BCUT2D eigenvalue weighted by atomic mass is 19.1. The van der Waals surface area contributed by atoms with Gasteiger partial charge in [0.15, 0.2) is 0 Å². The number of piperidine rings is 1. The van der Waals surface area contributed by atoms with Crippen LogP contribution >= 0.6 is 0 Å². The third-order valence-corrected chi connectivity index (χ3v) is 4.81. The summed E-state index contributed by atoms with van der Waals surface area (Å²) in [6.45, 7) is 1.64. The molecule has 0 bridgehead atoms. The summed E-state index contributed by atoms with van der Waals surface area (Å²) >= 11 is 0. The number of carbonyl (C=O) groups is 1. The van der Waals surface area contributed by atoms with E-state index in [0.717, 1.165) is 37.9 Å². The van der Waals surface area contributed by atoms with E-state index in [9.17, 15) is 9.18 Å². The molecule has 0 aromatic heterocycles. The second kappa shape index (κ2) is 6.24. The first-order chi connectivity index (χ1) is 10.5. The molecule has 22 heavy (non-hydrogen) atoms. The molecule has 2 aliphatic rings. The summed E-state index contributed by atoms with van der Waals surface area (Å²) in [4.78, 5) is 16.5. The molecule has 1 aromatic carbocycles. The third-order valence-electron chi connectivity index (χ3n) is 4.81. The Kier molecular flexibility index (Phi) is 4.34. The standard InChI is InChI=1S/C17H24FN3O/c1-20(2)14-4-3-9-21(11-14)17(22)19-16-10-15(16)12-5-7-13(18)8-6-12/h5-8,14-16H,3-4,9-11H2,1-2H3,(H,19,22)/t14-,15-,16-/m1/s1. The van der Waals surface area contributed by atoms with E-state index in [-0.39, 0.29) is 17.9 Å². The highest BCUT2D eigenvalue weighted by molar-refractivity contribution is 5.75. The van der Waals surface area contributed by atoms with E-state index < -0.39 is 0 Å². The summed E-state index contributed by atoms with van der Waals surface area (Å²) in [6.07, 6.45) is 3.16. The van der Waals surface area contributed by atoms with Crippen molar-refractivity contribution in [1.29, 1.82) is 0 Å². The maximum absolute atomic E-state index is 12.9. The van der Waals surface area contributed by atoms with Crippen LogP contribution in [0.2, 0.25) is 0 Å². The summed E-state index contributed by atoms with van der Waals surface area (Å²) in [5, 5.41) is 3.12. The number of carbonyl (C=O) groups excluding carboxylic acids is 1. The number of rotatable bonds is 3. The summed E-state index contributed by atoms with van der Waals surface area (Å²) in [5.41, 5.74) is 1.11. The molecule has 2 amide bonds. The fourth-order valence-corrected chi connectivity index (χ4v) is 3.24. The van der Waals surface area contributed by atoms with Gasteiger partial charge in [0.1, 0.15) is 5.82 Å². The zero-order chi connectivity index (χ0) is 15.7. The second-order valence-corrected chi connectivity index (χ2v) is 6.66. The van der Waals surface area contributed by atoms with Crippen molar-refractivity contribution >= 4 is 6.03 Å². The lowest BCUT2D eigenvalue weighted by atomic mass is 10.1. The second-order valence-electron chi connectivity index (χ2n) is 6.66. The van der Waals surface area contributed by atoms with Crippen LogP contribution in [0.5, 0.6) is 0 Å². The number of urea groups is 1. The molecule has 2 fully saturated rings. The Morgan fingerprint density at radius 3 is 2.73 bits per heavy atom. The molecule has 1 aliphatic heterocycles. The van der Waals surface area contributed by atoms with Crippen LogP contribution < -0.4 is 5.32 Å². The van der Waals surface area contributed by atoms with Crippen LogP contribution in [0.4, 0.5) is 9.18 Å². The first kappa shape index (κ1) is 15.3. The molecule has 1 saturated carbocycles. The SMILES string of the molecule is CN(C)[C@@H]1CCCN(C(=O)N[C@@H]2C[C@@H]2c2ccc(F)cc2)C1. The van der Waals surface area contributed by atoms with Crippen molar-refractivity contribution in [2.24, 2.45) is 0 Å². The highest BCUT2D eigenvalue weighted by Crippen LogP contribution is 2.40. The molecule has 0 spiro atoms. The zero-order valence-corrected chi connectivity index (χ0v) is 13.3. The summed E-state index contributed by atoms with van der Waals surface area (Å²) in [7, 11) is 4.13. The van der Waals surface area contributed by atoms with E-state index in [1.165, 1.54) is 12.1 Å². The minimum absolute atomic E-state index is 0.0427. The Morgan fingerprint density at radius 1 is 1.32 bits per heavy atom. The van der Waals surface area contributed by atoms with Gasteiger partial charge in [-0.05, 0) is 51.1 Å². The van der Waals surface area contributed by atoms with Crippen molar-refractivity contribution in [2.45, 2.75) is 37.3 Å². The highest BCUT2D eigenvalue weighted by Gasteiger charge is 2.40. The van der Waals surface area contributed by atoms with Crippen LogP contribution in [0.15, 0.2) is 24.3 Å². The van der Waals surface area contributed by atoms with Gasteiger partial charge in [-0.3, -0.25) is 0 Å². The van der Waals surface area contributed by atoms with Gasteiger partial charge in [0.25, 0.3) is 0 Å². The largest absolute Gasteiger partial charge is 0.335 e. The Morgan fingerprint density at radius 2 is 2.05 bits per heavy atom. The Bertz CT molecular complexity index is 531. The van der Waals surface area contributed by atoms with Gasteiger partial charge in [-0.2, -0.15) is 0 Å². The predicted octanol–water partition coefficient (Wildman–Crippen LogP) is 2.42. The van der Waals surface area contributed by atoms with Gasteiger partial charge in [0.2, 0.25) is 0 Å². The maximum Gasteiger partial charge on any atom is 0.317 e. The van der Waals surface area contributed by atoms with Gasteiger partial charge >= 0.3 is 6.03 Å². The molecule has 120 valence electrons. The zero-order valence-electron chi connectivity index (χ0n) is 13.3. The number of likely N-dealkylation sites (N-methyl/N-ethyl adjacent to an activating group) is 1. The molecule has 0 unspecified atom stereocenters. The molecule has 1 aromatic rings. The fraction of sp³-hybridized carbons (Fsp3) is 0.588. The van der Waals surface area contributed by atoms with Crippen molar-refractivity contribution in [1.82, 2.24) is 15.1 Å². The summed E-state index contributed by atoms with van der Waals surface area (Å²) in [5.74, 6) is 0.118. The van der Waals surface area contributed by atoms with Crippen LogP contribution in [0.1, 0.15) is 30.7 Å². The van der Waals surface area contributed by atoms with Crippen LogP contribution in [-0.2, 0) is 0 Å². The molecular weight excluding hydrogens is 281 g/mol. The van der Waals surface area contributed by atoms with Gasteiger partial charge in [-0.15, -0.1) is 0 Å². The maximum atomic E-state index is 12.9. The minimum atomic E-state index is -0.215. The molecule has 1 heterocycles. The summed E-state index contributed by atoms with van der Waals surface area (Å²) in [6, 6.07) is 7.28. The number of amides is 2.